The summed E-state index contributed by atoms with van der Waals surface area (Å²) >= 11 is 0. The molecule has 0 radical (unpaired) electrons. The third-order valence-electron chi connectivity index (χ3n) is 5.35. The molecule has 6 nitrogen and oxygen atoms in total. The number of hydrogen-bond acceptors (Lipinski definition) is 4. The third kappa shape index (κ3) is 7.10. The van der Waals surface area contributed by atoms with Crippen LogP contribution in [0.15, 0.2) is 23.3 Å². The second-order valence-corrected chi connectivity index (χ2v) is 7.49. The van der Waals surface area contributed by atoms with Crippen LogP contribution >= 0.6 is 24.0 Å². The molecule has 27 heavy (non-hydrogen) atoms. The molecule has 1 saturated carbocycles. The number of guanidine groups is 1. The van der Waals surface area contributed by atoms with Crippen molar-refractivity contribution in [2.45, 2.75) is 51.6 Å². The van der Waals surface area contributed by atoms with Crippen molar-refractivity contribution in [1.29, 1.82) is 0 Å². The Morgan fingerprint density at radius 1 is 1.19 bits per heavy atom. The molecule has 7 heteroatoms. The number of nitrogens with zero attached hydrogens (tertiary/aromatic N) is 4. The van der Waals surface area contributed by atoms with Gasteiger partial charge in [0.05, 0.1) is 6.54 Å². The number of piperazine rings is 1. The van der Waals surface area contributed by atoms with E-state index in [1.807, 2.05) is 6.20 Å². The van der Waals surface area contributed by atoms with E-state index >= 15 is 0 Å². The predicted molar refractivity (Wildman–Crippen MR) is 124 cm³/mol. The highest BCUT2D eigenvalue weighted by atomic mass is 127. The molecule has 1 aromatic rings. The minimum atomic E-state index is 0. The fourth-order valence-electron chi connectivity index (χ4n) is 3.70. The zero-order valence-corrected chi connectivity index (χ0v) is 19.1. The van der Waals surface area contributed by atoms with E-state index in [0.717, 1.165) is 44.5 Å². The number of likely N-dealkylation sites (N-methyl/N-ethyl adjacent to an activating group) is 1. The summed E-state index contributed by atoms with van der Waals surface area (Å²) in [4.78, 5) is 14.1. The SMILES string of the molecule is CCNC(=NCc1ccnc(N2CCN(C)CC2)c1)NC1CCCCC1.I. The molecule has 0 spiro atoms. The summed E-state index contributed by atoms with van der Waals surface area (Å²) in [5.41, 5.74) is 1.22. The van der Waals surface area contributed by atoms with Gasteiger partial charge in [-0.25, -0.2) is 9.98 Å². The monoisotopic (exact) mass is 486 g/mol. The highest BCUT2D eigenvalue weighted by Gasteiger charge is 2.16. The normalized spacial score (nSPS) is 19.5. The Balaban J connectivity index is 0.00000261. The first-order valence-electron chi connectivity index (χ1n) is 10.2. The van der Waals surface area contributed by atoms with Crippen molar-refractivity contribution in [2.75, 3.05) is 44.7 Å². The van der Waals surface area contributed by atoms with Crippen molar-refractivity contribution in [3.05, 3.63) is 23.9 Å². The summed E-state index contributed by atoms with van der Waals surface area (Å²) in [7, 11) is 2.18. The van der Waals surface area contributed by atoms with Crippen molar-refractivity contribution < 1.29 is 0 Å². The first-order valence-corrected chi connectivity index (χ1v) is 10.2. The second-order valence-electron chi connectivity index (χ2n) is 7.49. The Morgan fingerprint density at radius 2 is 1.93 bits per heavy atom. The smallest absolute Gasteiger partial charge is 0.191 e. The van der Waals surface area contributed by atoms with Gasteiger partial charge >= 0.3 is 0 Å². The van der Waals surface area contributed by atoms with Crippen LogP contribution in [0.3, 0.4) is 0 Å². The number of pyridine rings is 1. The number of rotatable bonds is 5. The van der Waals surface area contributed by atoms with Gasteiger partial charge in [-0.2, -0.15) is 0 Å². The van der Waals surface area contributed by atoms with Crippen LogP contribution < -0.4 is 15.5 Å². The molecule has 2 fully saturated rings. The van der Waals surface area contributed by atoms with Gasteiger partial charge < -0.3 is 20.4 Å². The molecule has 0 atom stereocenters. The summed E-state index contributed by atoms with van der Waals surface area (Å²) in [5.74, 6) is 2.02. The molecule has 0 aromatic carbocycles. The van der Waals surface area contributed by atoms with Crippen LogP contribution in [0.2, 0.25) is 0 Å². The summed E-state index contributed by atoms with van der Waals surface area (Å²) in [6, 6.07) is 4.84. The number of hydrogen-bond donors (Lipinski definition) is 2. The molecule has 152 valence electrons. The van der Waals surface area contributed by atoms with Crippen LogP contribution in [-0.2, 0) is 6.54 Å². The maximum absolute atomic E-state index is 4.82. The van der Waals surface area contributed by atoms with Crippen molar-refractivity contribution in [1.82, 2.24) is 20.5 Å². The van der Waals surface area contributed by atoms with Gasteiger partial charge in [-0.15, -0.1) is 24.0 Å². The fraction of sp³-hybridized carbons (Fsp3) is 0.700. The van der Waals surface area contributed by atoms with Gasteiger partial charge in [0.15, 0.2) is 5.96 Å². The van der Waals surface area contributed by atoms with Crippen LogP contribution in [0.5, 0.6) is 0 Å². The Hall–Kier alpha value is -1.09. The molecule has 0 bridgehead atoms. The minimum Gasteiger partial charge on any atom is -0.357 e. The molecule has 1 aromatic heterocycles. The Kier molecular flexibility index (Phi) is 9.61. The molecular formula is C20H35IN6. The van der Waals surface area contributed by atoms with Gasteiger partial charge in [-0.1, -0.05) is 19.3 Å². The quantitative estimate of drug-likeness (QED) is 0.381. The van der Waals surface area contributed by atoms with Crippen LogP contribution in [0.1, 0.15) is 44.6 Å². The first kappa shape index (κ1) is 22.2. The Morgan fingerprint density at radius 3 is 2.63 bits per heavy atom. The number of nitrogens with one attached hydrogen (secondary N) is 2. The van der Waals surface area contributed by atoms with Gasteiger partial charge in [0.1, 0.15) is 5.82 Å². The van der Waals surface area contributed by atoms with E-state index in [1.54, 1.807) is 0 Å². The van der Waals surface area contributed by atoms with E-state index in [0.29, 0.717) is 12.6 Å². The van der Waals surface area contributed by atoms with Gasteiger partial charge in [0, 0.05) is 45.0 Å². The molecule has 0 unspecified atom stereocenters. The zero-order chi connectivity index (χ0) is 18.2. The van der Waals surface area contributed by atoms with E-state index in [4.69, 9.17) is 4.99 Å². The fourth-order valence-corrected chi connectivity index (χ4v) is 3.70. The summed E-state index contributed by atoms with van der Waals surface area (Å²) < 4.78 is 0. The van der Waals surface area contributed by atoms with E-state index in [2.05, 4.69) is 51.5 Å². The minimum absolute atomic E-state index is 0. The molecule has 1 aliphatic carbocycles. The lowest BCUT2D eigenvalue weighted by atomic mass is 9.96. The number of aliphatic imine (C=N–C) groups is 1. The van der Waals surface area contributed by atoms with E-state index in [1.165, 1.54) is 37.7 Å². The average Bonchev–Trinajstić information content (AvgIpc) is 2.68. The Labute approximate surface area is 181 Å². The molecule has 3 rings (SSSR count). The van der Waals surface area contributed by atoms with Crippen molar-refractivity contribution in [3.63, 3.8) is 0 Å². The molecule has 2 N–H and O–H groups in total. The van der Waals surface area contributed by atoms with Crippen LogP contribution in [0.4, 0.5) is 5.82 Å². The van der Waals surface area contributed by atoms with Crippen molar-refractivity contribution >= 4 is 35.8 Å². The maximum atomic E-state index is 4.82. The molecule has 2 heterocycles. The second kappa shape index (κ2) is 11.7. The molecule has 1 aliphatic heterocycles. The van der Waals surface area contributed by atoms with Crippen molar-refractivity contribution in [2.24, 2.45) is 4.99 Å². The third-order valence-corrected chi connectivity index (χ3v) is 5.35. The van der Waals surface area contributed by atoms with Gasteiger partial charge in [-0.05, 0) is 44.5 Å². The van der Waals surface area contributed by atoms with Crippen LogP contribution in [0, 0.1) is 0 Å². The average molecular weight is 486 g/mol. The first-order chi connectivity index (χ1) is 12.7. The zero-order valence-electron chi connectivity index (χ0n) is 16.8. The topological polar surface area (TPSA) is 55.8 Å². The Bertz CT molecular complexity index is 580. The van der Waals surface area contributed by atoms with Gasteiger partial charge in [0.2, 0.25) is 0 Å². The summed E-state index contributed by atoms with van der Waals surface area (Å²) in [6.07, 6.45) is 8.46. The lowest BCUT2D eigenvalue weighted by Crippen LogP contribution is -2.44. The molecular weight excluding hydrogens is 451 g/mol. The highest BCUT2D eigenvalue weighted by Crippen LogP contribution is 2.18. The number of aromatic nitrogens is 1. The summed E-state index contributed by atoms with van der Waals surface area (Å²) in [6.45, 7) is 7.98. The standard InChI is InChI=1S/C20H34N6.HI/c1-3-21-20(24-18-7-5-4-6-8-18)23-16-17-9-10-22-19(15-17)26-13-11-25(2)12-14-26;/h9-10,15,18H,3-8,11-14,16H2,1-2H3,(H2,21,23,24);1H. The maximum Gasteiger partial charge on any atom is 0.191 e. The molecule has 0 amide bonds. The van der Waals surface area contributed by atoms with Crippen LogP contribution in [0.25, 0.3) is 0 Å². The lowest BCUT2D eigenvalue weighted by molar-refractivity contribution is 0.312. The summed E-state index contributed by atoms with van der Waals surface area (Å²) in [5, 5.41) is 7.01. The molecule has 2 aliphatic rings. The number of anilines is 1. The van der Waals surface area contributed by atoms with Crippen molar-refractivity contribution in [3.8, 4) is 0 Å². The highest BCUT2D eigenvalue weighted by molar-refractivity contribution is 14.0. The largest absolute Gasteiger partial charge is 0.357 e. The van der Waals surface area contributed by atoms with Gasteiger partial charge in [-0.3, -0.25) is 0 Å². The van der Waals surface area contributed by atoms with Crippen LogP contribution in [-0.4, -0.2) is 61.7 Å². The lowest BCUT2D eigenvalue weighted by Gasteiger charge is -2.33. The van der Waals surface area contributed by atoms with E-state index in [-0.39, 0.29) is 24.0 Å². The van der Waals surface area contributed by atoms with E-state index in [9.17, 15) is 0 Å². The molecule has 1 saturated heterocycles. The predicted octanol–water partition coefficient (Wildman–Crippen LogP) is 2.84. The number of halogens is 1. The van der Waals surface area contributed by atoms with Gasteiger partial charge in [0.25, 0.3) is 0 Å². The van der Waals surface area contributed by atoms with E-state index < -0.39 is 0 Å².